The van der Waals surface area contributed by atoms with E-state index in [4.69, 9.17) is 10.5 Å². The molecule has 1 fully saturated rings. The Labute approximate surface area is 123 Å². The van der Waals surface area contributed by atoms with E-state index in [9.17, 15) is 0 Å². The third-order valence-corrected chi connectivity index (χ3v) is 4.60. The largest absolute Gasteiger partial charge is 0.376 e. The summed E-state index contributed by atoms with van der Waals surface area (Å²) in [6, 6.07) is 8.75. The predicted molar refractivity (Wildman–Crippen MR) is 84.7 cm³/mol. The minimum absolute atomic E-state index is 0.00366. The minimum atomic E-state index is 0.00366. The Morgan fingerprint density at radius 1 is 1.10 bits per heavy atom. The number of hydrogen-bond acceptors (Lipinski definition) is 2. The third kappa shape index (κ3) is 3.83. The molecule has 0 aliphatic heterocycles. The summed E-state index contributed by atoms with van der Waals surface area (Å²) in [5.41, 5.74) is 9.10. The van der Waals surface area contributed by atoms with E-state index in [1.165, 1.54) is 43.2 Å². The molecule has 0 heterocycles. The van der Waals surface area contributed by atoms with Crippen molar-refractivity contribution in [3.63, 3.8) is 0 Å². The predicted octanol–water partition coefficient (Wildman–Crippen LogP) is 4.23. The van der Waals surface area contributed by atoms with Crippen molar-refractivity contribution in [2.45, 2.75) is 64.5 Å². The van der Waals surface area contributed by atoms with Gasteiger partial charge in [-0.1, -0.05) is 50.5 Å². The molecule has 20 heavy (non-hydrogen) atoms. The van der Waals surface area contributed by atoms with E-state index in [1.54, 1.807) is 0 Å². The molecule has 2 heteroatoms. The molecule has 1 aromatic carbocycles. The number of ether oxygens (including phenoxy) is 1. The van der Waals surface area contributed by atoms with Crippen molar-refractivity contribution >= 4 is 0 Å². The van der Waals surface area contributed by atoms with Crippen molar-refractivity contribution < 1.29 is 4.74 Å². The van der Waals surface area contributed by atoms with Crippen molar-refractivity contribution in [1.29, 1.82) is 0 Å². The fourth-order valence-electron chi connectivity index (χ4n) is 3.35. The highest BCUT2D eigenvalue weighted by Gasteiger charge is 2.29. The van der Waals surface area contributed by atoms with Crippen LogP contribution in [0.15, 0.2) is 24.3 Å². The van der Waals surface area contributed by atoms with Gasteiger partial charge < -0.3 is 10.5 Å². The topological polar surface area (TPSA) is 35.2 Å². The first-order chi connectivity index (χ1) is 9.76. The molecule has 1 saturated carbocycles. The summed E-state index contributed by atoms with van der Waals surface area (Å²) in [5, 5.41) is 0. The molecule has 0 spiro atoms. The number of benzene rings is 1. The summed E-state index contributed by atoms with van der Waals surface area (Å²) in [6.45, 7) is 5.00. The maximum absolute atomic E-state index is 6.52. The number of nitrogens with two attached hydrogens (primary N) is 1. The van der Waals surface area contributed by atoms with Crippen LogP contribution in [-0.4, -0.2) is 12.7 Å². The lowest BCUT2D eigenvalue weighted by Crippen LogP contribution is -2.36. The molecule has 0 aromatic heterocycles. The van der Waals surface area contributed by atoms with Gasteiger partial charge in [-0.3, -0.25) is 0 Å². The summed E-state index contributed by atoms with van der Waals surface area (Å²) in [7, 11) is 0. The van der Waals surface area contributed by atoms with E-state index >= 15 is 0 Å². The standard InChI is InChI=1S/C18H29NO/c1-3-14-10-12-15(13-11-14)17(19)18(20-4-2)16-8-6-5-7-9-16/h10-13,16-18H,3-9,19H2,1-2H3. The number of aryl methyl sites for hydroxylation is 1. The van der Waals surface area contributed by atoms with Crippen molar-refractivity contribution in [1.82, 2.24) is 0 Å². The van der Waals surface area contributed by atoms with Crippen LogP contribution in [0.3, 0.4) is 0 Å². The molecule has 2 atom stereocenters. The van der Waals surface area contributed by atoms with Crippen LogP contribution in [0.4, 0.5) is 0 Å². The molecule has 0 saturated heterocycles. The number of hydrogen-bond donors (Lipinski definition) is 1. The smallest absolute Gasteiger partial charge is 0.0795 e. The van der Waals surface area contributed by atoms with Crippen LogP contribution in [-0.2, 0) is 11.2 Å². The molecule has 0 amide bonds. The first-order valence-corrected chi connectivity index (χ1v) is 8.22. The molecule has 112 valence electrons. The summed E-state index contributed by atoms with van der Waals surface area (Å²) >= 11 is 0. The third-order valence-electron chi connectivity index (χ3n) is 4.60. The van der Waals surface area contributed by atoms with E-state index in [0.717, 1.165) is 13.0 Å². The highest BCUT2D eigenvalue weighted by Crippen LogP contribution is 2.33. The number of rotatable bonds is 6. The van der Waals surface area contributed by atoms with Crippen LogP contribution >= 0.6 is 0 Å². The molecule has 2 unspecified atom stereocenters. The Morgan fingerprint density at radius 3 is 2.30 bits per heavy atom. The van der Waals surface area contributed by atoms with Crippen LogP contribution in [0, 0.1) is 5.92 Å². The lowest BCUT2D eigenvalue weighted by atomic mass is 9.81. The van der Waals surface area contributed by atoms with Gasteiger partial charge in [0.15, 0.2) is 0 Å². The minimum Gasteiger partial charge on any atom is -0.376 e. The fourth-order valence-corrected chi connectivity index (χ4v) is 3.35. The second-order valence-corrected chi connectivity index (χ2v) is 5.94. The maximum Gasteiger partial charge on any atom is 0.0795 e. The van der Waals surface area contributed by atoms with Crippen LogP contribution in [0.1, 0.15) is 63.1 Å². The average molecular weight is 275 g/mol. The lowest BCUT2D eigenvalue weighted by Gasteiger charge is -2.34. The van der Waals surface area contributed by atoms with Crippen molar-refractivity contribution in [3.05, 3.63) is 35.4 Å². The molecular weight excluding hydrogens is 246 g/mol. The Morgan fingerprint density at radius 2 is 1.75 bits per heavy atom. The summed E-state index contributed by atoms with van der Waals surface area (Å²) in [6.07, 6.45) is 7.82. The normalized spacial score (nSPS) is 19.8. The van der Waals surface area contributed by atoms with Gasteiger partial charge >= 0.3 is 0 Å². The van der Waals surface area contributed by atoms with E-state index in [-0.39, 0.29) is 12.1 Å². The van der Waals surface area contributed by atoms with Gasteiger partial charge in [-0.15, -0.1) is 0 Å². The van der Waals surface area contributed by atoms with E-state index in [0.29, 0.717) is 5.92 Å². The van der Waals surface area contributed by atoms with Gasteiger partial charge in [-0.25, -0.2) is 0 Å². The molecule has 1 aliphatic rings. The second kappa shape index (κ2) is 7.80. The van der Waals surface area contributed by atoms with Crippen LogP contribution in [0.25, 0.3) is 0 Å². The van der Waals surface area contributed by atoms with Crippen molar-refractivity contribution in [3.8, 4) is 0 Å². The van der Waals surface area contributed by atoms with Gasteiger partial charge in [0.05, 0.1) is 12.1 Å². The molecule has 2 N–H and O–H groups in total. The molecule has 0 bridgehead atoms. The lowest BCUT2D eigenvalue weighted by molar-refractivity contribution is -0.00985. The first kappa shape index (κ1) is 15.5. The Balaban J connectivity index is 2.09. The zero-order valence-corrected chi connectivity index (χ0v) is 13.0. The highest BCUT2D eigenvalue weighted by molar-refractivity contribution is 5.25. The molecule has 0 radical (unpaired) electrons. The maximum atomic E-state index is 6.52. The summed E-state index contributed by atoms with van der Waals surface area (Å²) in [5.74, 6) is 0.629. The molecular formula is C18H29NO. The Kier molecular flexibility index (Phi) is 6.06. The summed E-state index contributed by atoms with van der Waals surface area (Å²) in [4.78, 5) is 0. The molecule has 1 aliphatic carbocycles. The van der Waals surface area contributed by atoms with Crippen LogP contribution in [0.5, 0.6) is 0 Å². The zero-order valence-electron chi connectivity index (χ0n) is 13.0. The van der Waals surface area contributed by atoms with Gasteiger partial charge in [0, 0.05) is 6.61 Å². The van der Waals surface area contributed by atoms with E-state index in [1.807, 2.05) is 0 Å². The van der Waals surface area contributed by atoms with Gasteiger partial charge in [0.2, 0.25) is 0 Å². The van der Waals surface area contributed by atoms with E-state index < -0.39 is 0 Å². The van der Waals surface area contributed by atoms with Gasteiger partial charge in [0.25, 0.3) is 0 Å². The van der Waals surface area contributed by atoms with Gasteiger partial charge in [-0.05, 0) is 43.2 Å². The second-order valence-electron chi connectivity index (χ2n) is 5.94. The van der Waals surface area contributed by atoms with Gasteiger partial charge in [0.1, 0.15) is 0 Å². The molecule has 1 aromatic rings. The highest BCUT2D eigenvalue weighted by atomic mass is 16.5. The molecule has 2 nitrogen and oxygen atoms in total. The fraction of sp³-hybridized carbons (Fsp3) is 0.667. The van der Waals surface area contributed by atoms with Crippen LogP contribution in [0.2, 0.25) is 0 Å². The van der Waals surface area contributed by atoms with Crippen molar-refractivity contribution in [2.75, 3.05) is 6.61 Å². The zero-order chi connectivity index (χ0) is 14.4. The van der Waals surface area contributed by atoms with Crippen molar-refractivity contribution in [2.24, 2.45) is 11.7 Å². The quantitative estimate of drug-likeness (QED) is 0.843. The average Bonchev–Trinajstić information content (AvgIpc) is 2.53. The van der Waals surface area contributed by atoms with Gasteiger partial charge in [-0.2, -0.15) is 0 Å². The first-order valence-electron chi connectivity index (χ1n) is 8.22. The SMILES string of the molecule is CCOC(C1CCCCC1)C(N)c1ccc(CC)cc1. The Bertz CT molecular complexity index is 381. The monoisotopic (exact) mass is 275 g/mol. The summed E-state index contributed by atoms with van der Waals surface area (Å²) < 4.78 is 6.03. The van der Waals surface area contributed by atoms with E-state index in [2.05, 4.69) is 38.1 Å². The van der Waals surface area contributed by atoms with Crippen LogP contribution < -0.4 is 5.73 Å². The Hall–Kier alpha value is -0.860. The molecule has 2 rings (SSSR count).